The summed E-state index contributed by atoms with van der Waals surface area (Å²) >= 11 is 5.88. The summed E-state index contributed by atoms with van der Waals surface area (Å²) in [5, 5.41) is 3.14. The average molecular weight is 362 g/mol. The van der Waals surface area contributed by atoms with Crippen LogP contribution in [0.2, 0.25) is 5.02 Å². The third-order valence-electron chi connectivity index (χ3n) is 3.69. The van der Waals surface area contributed by atoms with Crippen molar-refractivity contribution in [2.75, 3.05) is 20.3 Å². The lowest BCUT2D eigenvalue weighted by Gasteiger charge is -2.13. The Morgan fingerprint density at radius 1 is 1.16 bits per heavy atom. The van der Waals surface area contributed by atoms with Crippen LogP contribution >= 0.6 is 11.6 Å². The van der Waals surface area contributed by atoms with Gasteiger partial charge in [0.1, 0.15) is 11.3 Å². The van der Waals surface area contributed by atoms with Crippen LogP contribution in [0.5, 0.6) is 5.75 Å². The molecule has 6 heteroatoms. The molecule has 2 aromatic rings. The second-order valence-electron chi connectivity index (χ2n) is 5.54. The maximum absolute atomic E-state index is 12.1. The van der Waals surface area contributed by atoms with Gasteiger partial charge in [-0.05, 0) is 29.7 Å². The monoisotopic (exact) mass is 361 g/mol. The molecule has 1 atom stereocenters. The second-order valence-corrected chi connectivity index (χ2v) is 5.97. The Kier molecular flexibility index (Phi) is 6.83. The number of methoxy groups -OCH3 is 1. The Labute approximate surface area is 151 Å². The van der Waals surface area contributed by atoms with E-state index in [0.29, 0.717) is 17.3 Å². The first kappa shape index (κ1) is 18.8. The zero-order valence-electron chi connectivity index (χ0n) is 14.1. The fourth-order valence-electron chi connectivity index (χ4n) is 2.27. The summed E-state index contributed by atoms with van der Waals surface area (Å²) in [5.74, 6) is -0.524. The third-order valence-corrected chi connectivity index (χ3v) is 3.92. The summed E-state index contributed by atoms with van der Waals surface area (Å²) in [6.45, 7) is 2.11. The van der Waals surface area contributed by atoms with Crippen LogP contribution in [0, 0.1) is 0 Å². The smallest absolute Gasteiger partial charge is 0.342 e. The maximum atomic E-state index is 12.1. The molecule has 0 aliphatic rings. The lowest BCUT2D eigenvalue weighted by molar-refractivity contribution is -0.124. The van der Waals surface area contributed by atoms with Crippen molar-refractivity contribution in [2.24, 2.45) is 0 Å². The van der Waals surface area contributed by atoms with Gasteiger partial charge in [0.2, 0.25) is 0 Å². The van der Waals surface area contributed by atoms with E-state index in [1.807, 2.05) is 37.3 Å². The topological polar surface area (TPSA) is 64.6 Å². The largest absolute Gasteiger partial charge is 0.496 e. The quantitative estimate of drug-likeness (QED) is 0.767. The number of hydrogen-bond donors (Lipinski definition) is 1. The van der Waals surface area contributed by atoms with Gasteiger partial charge in [-0.3, -0.25) is 4.79 Å². The van der Waals surface area contributed by atoms with Gasteiger partial charge in [0, 0.05) is 11.6 Å². The molecule has 0 bridgehead atoms. The van der Waals surface area contributed by atoms with E-state index < -0.39 is 5.97 Å². The van der Waals surface area contributed by atoms with Gasteiger partial charge in [0.15, 0.2) is 6.61 Å². The van der Waals surface area contributed by atoms with E-state index in [4.69, 9.17) is 21.1 Å². The van der Waals surface area contributed by atoms with E-state index in [9.17, 15) is 9.59 Å². The summed E-state index contributed by atoms with van der Waals surface area (Å²) in [4.78, 5) is 24.0. The van der Waals surface area contributed by atoms with Crippen molar-refractivity contribution in [1.82, 2.24) is 5.32 Å². The Hall–Kier alpha value is -2.53. The van der Waals surface area contributed by atoms with E-state index in [2.05, 4.69) is 5.32 Å². The van der Waals surface area contributed by atoms with Gasteiger partial charge in [-0.2, -0.15) is 0 Å². The first-order valence-electron chi connectivity index (χ1n) is 7.83. The van der Waals surface area contributed by atoms with Crippen molar-refractivity contribution in [3.63, 3.8) is 0 Å². The molecule has 2 aromatic carbocycles. The molecule has 25 heavy (non-hydrogen) atoms. The van der Waals surface area contributed by atoms with E-state index in [1.54, 1.807) is 12.1 Å². The number of amides is 1. The molecule has 1 N–H and O–H groups in total. The molecule has 0 unspecified atom stereocenters. The molecule has 132 valence electrons. The molecular formula is C19H20ClNO4. The van der Waals surface area contributed by atoms with Gasteiger partial charge in [-0.15, -0.1) is 0 Å². The third kappa shape index (κ3) is 5.50. The molecular weight excluding hydrogens is 342 g/mol. The minimum atomic E-state index is -0.661. The van der Waals surface area contributed by atoms with E-state index >= 15 is 0 Å². The van der Waals surface area contributed by atoms with Crippen LogP contribution in [0.15, 0.2) is 48.5 Å². The summed E-state index contributed by atoms with van der Waals surface area (Å²) in [5.41, 5.74) is 1.31. The highest BCUT2D eigenvalue weighted by Gasteiger charge is 2.16. The lowest BCUT2D eigenvalue weighted by Crippen LogP contribution is -2.31. The summed E-state index contributed by atoms with van der Waals surface area (Å²) in [6, 6.07) is 14.5. The second kappa shape index (κ2) is 9.08. The van der Waals surface area contributed by atoms with Gasteiger partial charge in [-0.1, -0.05) is 48.9 Å². The van der Waals surface area contributed by atoms with Crippen LogP contribution in [-0.2, 0) is 9.53 Å². The van der Waals surface area contributed by atoms with Crippen molar-refractivity contribution in [3.8, 4) is 5.75 Å². The molecule has 1 amide bonds. The first-order valence-corrected chi connectivity index (χ1v) is 8.21. The highest BCUT2D eigenvalue weighted by Crippen LogP contribution is 2.23. The van der Waals surface area contributed by atoms with Crippen molar-refractivity contribution < 1.29 is 19.1 Å². The standard InChI is InChI=1S/C19H20ClNO4/c1-13(14-6-4-3-5-7-14)11-21-18(22)12-25-19(23)16-10-15(20)8-9-17(16)24-2/h3-10,13H,11-12H2,1-2H3,(H,21,22)/t13-/m1/s1. The molecule has 0 saturated carbocycles. The Morgan fingerprint density at radius 2 is 1.88 bits per heavy atom. The number of hydrogen-bond acceptors (Lipinski definition) is 4. The highest BCUT2D eigenvalue weighted by molar-refractivity contribution is 6.31. The summed E-state index contributed by atoms with van der Waals surface area (Å²) < 4.78 is 10.1. The Balaban J connectivity index is 1.84. The number of esters is 1. The van der Waals surface area contributed by atoms with Crippen molar-refractivity contribution in [1.29, 1.82) is 0 Å². The number of ether oxygens (including phenoxy) is 2. The van der Waals surface area contributed by atoms with E-state index in [-0.39, 0.29) is 24.0 Å². The molecule has 0 heterocycles. The SMILES string of the molecule is COc1ccc(Cl)cc1C(=O)OCC(=O)NC[C@@H](C)c1ccccc1. The van der Waals surface area contributed by atoms with Gasteiger partial charge >= 0.3 is 5.97 Å². The van der Waals surface area contributed by atoms with Crippen LogP contribution in [-0.4, -0.2) is 32.1 Å². The normalized spacial score (nSPS) is 11.5. The fourth-order valence-corrected chi connectivity index (χ4v) is 2.44. The van der Waals surface area contributed by atoms with Crippen LogP contribution in [0.3, 0.4) is 0 Å². The molecule has 0 spiro atoms. The summed E-state index contributed by atoms with van der Waals surface area (Å²) in [7, 11) is 1.44. The minimum Gasteiger partial charge on any atom is -0.496 e. The number of carbonyl (C=O) groups excluding carboxylic acids is 2. The molecule has 0 aromatic heterocycles. The van der Waals surface area contributed by atoms with Gasteiger partial charge in [0.05, 0.1) is 7.11 Å². The molecule has 2 rings (SSSR count). The minimum absolute atomic E-state index is 0.161. The predicted octanol–water partition coefficient (Wildman–Crippen LogP) is 3.43. The highest BCUT2D eigenvalue weighted by atomic mass is 35.5. The zero-order chi connectivity index (χ0) is 18.2. The van der Waals surface area contributed by atoms with Crippen LogP contribution in [0.25, 0.3) is 0 Å². The molecule has 0 aliphatic heterocycles. The number of halogens is 1. The van der Waals surface area contributed by atoms with E-state index in [0.717, 1.165) is 5.56 Å². The molecule has 0 fully saturated rings. The molecule has 0 aliphatic carbocycles. The zero-order valence-corrected chi connectivity index (χ0v) is 14.9. The van der Waals surface area contributed by atoms with Crippen molar-refractivity contribution >= 4 is 23.5 Å². The summed E-state index contributed by atoms with van der Waals surface area (Å²) in [6.07, 6.45) is 0. The number of benzene rings is 2. The Morgan fingerprint density at radius 3 is 2.56 bits per heavy atom. The lowest BCUT2D eigenvalue weighted by atomic mass is 10.0. The molecule has 0 radical (unpaired) electrons. The number of nitrogens with one attached hydrogen (secondary N) is 1. The number of rotatable bonds is 7. The molecule has 5 nitrogen and oxygen atoms in total. The van der Waals surface area contributed by atoms with Gasteiger partial charge in [0.25, 0.3) is 5.91 Å². The van der Waals surface area contributed by atoms with Gasteiger partial charge in [-0.25, -0.2) is 4.79 Å². The van der Waals surface area contributed by atoms with Crippen LogP contribution < -0.4 is 10.1 Å². The molecule has 0 saturated heterocycles. The number of carbonyl (C=O) groups is 2. The van der Waals surface area contributed by atoms with Crippen molar-refractivity contribution in [3.05, 3.63) is 64.7 Å². The Bertz CT molecular complexity index is 733. The van der Waals surface area contributed by atoms with Crippen LogP contribution in [0.4, 0.5) is 0 Å². The van der Waals surface area contributed by atoms with Crippen molar-refractivity contribution in [2.45, 2.75) is 12.8 Å². The fraction of sp³-hybridized carbons (Fsp3) is 0.263. The van der Waals surface area contributed by atoms with Gasteiger partial charge < -0.3 is 14.8 Å². The average Bonchev–Trinajstić information content (AvgIpc) is 2.64. The van der Waals surface area contributed by atoms with E-state index in [1.165, 1.54) is 13.2 Å². The van der Waals surface area contributed by atoms with Crippen LogP contribution in [0.1, 0.15) is 28.8 Å². The predicted molar refractivity (Wildman–Crippen MR) is 96.2 cm³/mol. The maximum Gasteiger partial charge on any atom is 0.342 e. The first-order chi connectivity index (χ1) is 12.0.